The Morgan fingerprint density at radius 1 is 1.75 bits per heavy atom. The average molecular weight is 118 g/mol. The Hall–Kier alpha value is -0.770. The highest BCUT2D eigenvalue weighted by Gasteiger charge is 1.98. The van der Waals surface area contributed by atoms with Gasteiger partial charge in [0.25, 0.3) is 0 Å². The molecule has 0 saturated heterocycles. The third kappa shape index (κ3) is 3.42. The number of amides is 1. The molecule has 0 heterocycles. The Morgan fingerprint density at radius 2 is 2.25 bits per heavy atom. The van der Waals surface area contributed by atoms with Gasteiger partial charge < -0.3 is 10.2 Å². The quantitative estimate of drug-likeness (QED) is 0.476. The predicted molar refractivity (Wildman–Crippen MR) is 28.9 cm³/mol. The molecule has 4 heteroatoms. The number of nitrogens with two attached hydrogens (primary N) is 1. The van der Waals surface area contributed by atoms with Crippen molar-refractivity contribution in [2.45, 2.75) is 19.9 Å². The maximum Gasteiger partial charge on any atom is 0.426 e. The van der Waals surface area contributed by atoms with Crippen LogP contribution in [0.2, 0.25) is 0 Å². The molecule has 0 aromatic heterocycles. The zero-order valence-corrected chi connectivity index (χ0v) is 4.97. The van der Waals surface area contributed by atoms with Crippen molar-refractivity contribution < 1.29 is 9.63 Å². The second-order valence-electron chi connectivity index (χ2n) is 1.70. The largest absolute Gasteiger partial charge is 0.426 e. The van der Waals surface area contributed by atoms with Crippen molar-refractivity contribution in [2.75, 3.05) is 0 Å². The summed E-state index contributed by atoms with van der Waals surface area (Å²) in [5, 5.41) is 2.41. The van der Waals surface area contributed by atoms with Gasteiger partial charge in [0.2, 0.25) is 0 Å². The highest BCUT2D eigenvalue weighted by atomic mass is 16.7. The van der Waals surface area contributed by atoms with Gasteiger partial charge in [-0.15, -0.1) is 0 Å². The van der Waals surface area contributed by atoms with E-state index in [1.165, 1.54) is 0 Å². The van der Waals surface area contributed by atoms with Gasteiger partial charge in [-0.05, 0) is 13.8 Å². The molecule has 0 aromatic rings. The fourth-order valence-corrected chi connectivity index (χ4v) is 0.270. The monoisotopic (exact) mass is 118 g/mol. The molecule has 4 nitrogen and oxygen atoms in total. The SMILES string of the molecule is CC(C)NC(=O)ON. The van der Waals surface area contributed by atoms with Gasteiger partial charge in [0.1, 0.15) is 0 Å². The topological polar surface area (TPSA) is 64.3 Å². The fraction of sp³-hybridized carbons (Fsp3) is 0.750. The summed E-state index contributed by atoms with van der Waals surface area (Å²) in [6.45, 7) is 3.63. The maximum absolute atomic E-state index is 10.2. The van der Waals surface area contributed by atoms with Crippen LogP contribution >= 0.6 is 0 Å². The summed E-state index contributed by atoms with van der Waals surface area (Å²) < 4.78 is 0. The lowest BCUT2D eigenvalue weighted by Gasteiger charge is -2.03. The van der Waals surface area contributed by atoms with Crippen LogP contribution in [0.15, 0.2) is 0 Å². The zero-order chi connectivity index (χ0) is 6.57. The third-order valence-electron chi connectivity index (χ3n) is 0.514. The van der Waals surface area contributed by atoms with Crippen molar-refractivity contribution in [3.8, 4) is 0 Å². The second-order valence-corrected chi connectivity index (χ2v) is 1.70. The van der Waals surface area contributed by atoms with Crippen LogP contribution in [0, 0.1) is 0 Å². The molecule has 0 spiro atoms. The molecule has 0 aliphatic rings. The van der Waals surface area contributed by atoms with E-state index in [1.807, 2.05) is 13.8 Å². The zero-order valence-electron chi connectivity index (χ0n) is 4.97. The molecule has 0 aliphatic carbocycles. The van der Waals surface area contributed by atoms with E-state index >= 15 is 0 Å². The molecule has 0 bridgehead atoms. The molecular formula is C4H10N2O2. The fourth-order valence-electron chi connectivity index (χ4n) is 0.270. The Morgan fingerprint density at radius 3 is 2.38 bits per heavy atom. The van der Waals surface area contributed by atoms with Gasteiger partial charge in [-0.1, -0.05) is 0 Å². The van der Waals surface area contributed by atoms with E-state index in [-0.39, 0.29) is 6.04 Å². The summed E-state index contributed by atoms with van der Waals surface area (Å²) in [6.07, 6.45) is -0.597. The minimum Gasteiger partial charge on any atom is -0.357 e. The normalized spacial score (nSPS) is 9.00. The first-order chi connectivity index (χ1) is 3.66. The Balaban J connectivity index is 3.25. The molecule has 0 rings (SSSR count). The molecule has 1 amide bonds. The second kappa shape index (κ2) is 3.26. The molecule has 0 aromatic carbocycles. The molecule has 0 fully saturated rings. The van der Waals surface area contributed by atoms with Gasteiger partial charge in [-0.2, -0.15) is 5.90 Å². The molecule has 0 unspecified atom stereocenters. The van der Waals surface area contributed by atoms with Crippen LogP contribution in [-0.2, 0) is 4.84 Å². The van der Waals surface area contributed by atoms with E-state index in [4.69, 9.17) is 0 Å². The van der Waals surface area contributed by atoms with Gasteiger partial charge in [-0.3, -0.25) is 0 Å². The summed E-state index contributed by atoms with van der Waals surface area (Å²) in [5.41, 5.74) is 0. The standard InChI is InChI=1S/C4H10N2O2/c1-3(2)6-4(7)8-5/h3H,5H2,1-2H3,(H,6,7). The van der Waals surface area contributed by atoms with E-state index < -0.39 is 6.09 Å². The third-order valence-corrected chi connectivity index (χ3v) is 0.514. The average Bonchev–Trinajstić information content (AvgIpc) is 1.65. The number of rotatable bonds is 1. The van der Waals surface area contributed by atoms with Crippen molar-refractivity contribution in [2.24, 2.45) is 5.90 Å². The summed E-state index contributed by atoms with van der Waals surface area (Å²) in [6, 6.07) is 0.0750. The number of carbonyl (C=O) groups is 1. The summed E-state index contributed by atoms with van der Waals surface area (Å²) in [4.78, 5) is 14.0. The Bertz CT molecular complexity index is 82.1. The number of hydrogen-bond donors (Lipinski definition) is 2. The van der Waals surface area contributed by atoms with Crippen molar-refractivity contribution in [1.82, 2.24) is 5.32 Å². The van der Waals surface area contributed by atoms with E-state index in [2.05, 4.69) is 16.1 Å². The molecule has 48 valence electrons. The summed E-state index contributed by atoms with van der Waals surface area (Å²) >= 11 is 0. The van der Waals surface area contributed by atoms with Crippen LogP contribution in [-0.4, -0.2) is 12.1 Å². The van der Waals surface area contributed by atoms with E-state index in [0.29, 0.717) is 0 Å². The summed E-state index contributed by atoms with van der Waals surface area (Å²) in [5.74, 6) is 4.51. The van der Waals surface area contributed by atoms with Gasteiger partial charge >= 0.3 is 6.09 Å². The van der Waals surface area contributed by atoms with Gasteiger partial charge in [-0.25, -0.2) is 4.79 Å². The van der Waals surface area contributed by atoms with Crippen LogP contribution in [0.25, 0.3) is 0 Å². The lowest BCUT2D eigenvalue weighted by atomic mass is 10.4. The molecule has 8 heavy (non-hydrogen) atoms. The molecule has 0 saturated carbocycles. The highest BCUT2D eigenvalue weighted by molar-refractivity contribution is 5.66. The minimum absolute atomic E-state index is 0.0750. The Kier molecular flexibility index (Phi) is 2.95. The summed E-state index contributed by atoms with van der Waals surface area (Å²) in [7, 11) is 0. The van der Waals surface area contributed by atoms with Crippen LogP contribution in [0.5, 0.6) is 0 Å². The van der Waals surface area contributed by atoms with Crippen LogP contribution in [0.3, 0.4) is 0 Å². The molecule has 0 atom stereocenters. The van der Waals surface area contributed by atoms with E-state index in [1.54, 1.807) is 0 Å². The Labute approximate surface area is 48.0 Å². The number of nitrogens with one attached hydrogen (secondary N) is 1. The van der Waals surface area contributed by atoms with E-state index in [9.17, 15) is 4.79 Å². The molecule has 0 radical (unpaired) electrons. The minimum atomic E-state index is -0.597. The smallest absolute Gasteiger partial charge is 0.357 e. The molecule has 3 N–H and O–H groups in total. The first-order valence-electron chi connectivity index (χ1n) is 2.34. The van der Waals surface area contributed by atoms with Crippen molar-refractivity contribution in [1.29, 1.82) is 0 Å². The lowest BCUT2D eigenvalue weighted by Crippen LogP contribution is -2.32. The van der Waals surface area contributed by atoms with Gasteiger partial charge in [0, 0.05) is 6.04 Å². The van der Waals surface area contributed by atoms with Crippen molar-refractivity contribution in [3.63, 3.8) is 0 Å². The lowest BCUT2D eigenvalue weighted by molar-refractivity contribution is 0.145. The molecule has 0 aliphatic heterocycles. The number of hydrogen-bond acceptors (Lipinski definition) is 3. The predicted octanol–water partition coefficient (Wildman–Crippen LogP) is -0.00530. The van der Waals surface area contributed by atoms with Crippen molar-refractivity contribution in [3.05, 3.63) is 0 Å². The van der Waals surface area contributed by atoms with Crippen LogP contribution < -0.4 is 11.2 Å². The first kappa shape index (κ1) is 7.23. The highest BCUT2D eigenvalue weighted by Crippen LogP contribution is 1.75. The van der Waals surface area contributed by atoms with E-state index in [0.717, 1.165) is 0 Å². The van der Waals surface area contributed by atoms with Gasteiger partial charge in [0.15, 0.2) is 0 Å². The number of carbonyl (C=O) groups excluding carboxylic acids is 1. The first-order valence-corrected chi connectivity index (χ1v) is 2.34. The molecular weight excluding hydrogens is 108 g/mol. The van der Waals surface area contributed by atoms with Crippen LogP contribution in [0.4, 0.5) is 4.79 Å². The van der Waals surface area contributed by atoms with Crippen LogP contribution in [0.1, 0.15) is 13.8 Å². The maximum atomic E-state index is 10.2. The van der Waals surface area contributed by atoms with Crippen molar-refractivity contribution >= 4 is 6.09 Å². The van der Waals surface area contributed by atoms with Gasteiger partial charge in [0.05, 0.1) is 0 Å².